The first-order valence-corrected chi connectivity index (χ1v) is 3.88. The molecule has 1 rings (SSSR count). The Balaban J connectivity index is 2.57. The minimum Gasteiger partial charge on any atom is -0.363 e. The summed E-state index contributed by atoms with van der Waals surface area (Å²) in [5, 5.41) is 9.75. The predicted octanol–water partition coefficient (Wildman–Crippen LogP) is -0.0385. The van der Waals surface area contributed by atoms with Crippen LogP contribution >= 0.6 is 0 Å². The molecule has 13 heavy (non-hydrogen) atoms. The van der Waals surface area contributed by atoms with E-state index in [0.29, 0.717) is 10.6 Å². The number of amides is 2. The molecule has 0 saturated carbocycles. The van der Waals surface area contributed by atoms with E-state index in [1.165, 1.54) is 6.92 Å². The average molecular weight is 185 g/mol. The van der Waals surface area contributed by atoms with E-state index >= 15 is 0 Å². The van der Waals surface area contributed by atoms with Crippen LogP contribution in [0, 0.1) is 0 Å². The van der Waals surface area contributed by atoms with Crippen molar-refractivity contribution in [1.82, 2.24) is 5.06 Å². The standard InChI is InChI=1S/C8H11NO4/c1-5(2)8(12)13-9-6(10)3-4-7(9)11/h8,12H,1,3-4H2,2H3. The van der Waals surface area contributed by atoms with Gasteiger partial charge < -0.3 is 5.11 Å². The summed E-state index contributed by atoms with van der Waals surface area (Å²) in [5.74, 6) is -0.851. The van der Waals surface area contributed by atoms with Crippen LogP contribution in [-0.4, -0.2) is 28.3 Å². The van der Waals surface area contributed by atoms with Crippen molar-refractivity contribution in [3.8, 4) is 0 Å². The van der Waals surface area contributed by atoms with Crippen LogP contribution in [0.3, 0.4) is 0 Å². The van der Waals surface area contributed by atoms with Gasteiger partial charge in [0.25, 0.3) is 11.8 Å². The van der Waals surface area contributed by atoms with Gasteiger partial charge in [0.05, 0.1) is 0 Å². The third-order valence-electron chi connectivity index (χ3n) is 1.63. The Morgan fingerprint density at radius 3 is 2.38 bits per heavy atom. The molecule has 1 heterocycles. The van der Waals surface area contributed by atoms with Crippen LogP contribution in [0.2, 0.25) is 0 Å². The monoisotopic (exact) mass is 185 g/mol. The topological polar surface area (TPSA) is 66.8 Å². The van der Waals surface area contributed by atoms with Crippen molar-refractivity contribution in [3.63, 3.8) is 0 Å². The third-order valence-corrected chi connectivity index (χ3v) is 1.63. The Bertz CT molecular complexity index is 245. The first kappa shape index (κ1) is 9.88. The van der Waals surface area contributed by atoms with E-state index in [9.17, 15) is 9.59 Å². The van der Waals surface area contributed by atoms with E-state index in [0.717, 1.165) is 0 Å². The molecule has 5 heteroatoms. The Hall–Kier alpha value is -1.20. The van der Waals surface area contributed by atoms with Gasteiger partial charge in [-0.15, -0.1) is 0 Å². The molecule has 0 radical (unpaired) electrons. The van der Waals surface area contributed by atoms with E-state index in [1.807, 2.05) is 0 Å². The maximum absolute atomic E-state index is 11.0. The molecule has 0 aromatic rings. The normalized spacial score (nSPS) is 19.4. The molecular weight excluding hydrogens is 174 g/mol. The zero-order valence-corrected chi connectivity index (χ0v) is 7.32. The lowest BCUT2D eigenvalue weighted by Gasteiger charge is -2.17. The van der Waals surface area contributed by atoms with E-state index in [2.05, 4.69) is 11.4 Å². The molecule has 0 aromatic carbocycles. The second-order valence-corrected chi connectivity index (χ2v) is 2.89. The third kappa shape index (κ3) is 2.13. The van der Waals surface area contributed by atoms with Crippen molar-refractivity contribution in [2.45, 2.75) is 26.1 Å². The van der Waals surface area contributed by atoms with Crippen molar-refractivity contribution in [2.75, 3.05) is 0 Å². The number of hydrogen-bond donors (Lipinski definition) is 1. The van der Waals surface area contributed by atoms with Crippen molar-refractivity contribution in [2.24, 2.45) is 0 Å². The summed E-state index contributed by atoms with van der Waals surface area (Å²) in [6.07, 6.45) is -1.02. The van der Waals surface area contributed by atoms with Crippen molar-refractivity contribution < 1.29 is 19.5 Å². The van der Waals surface area contributed by atoms with Gasteiger partial charge in [-0.25, -0.2) is 4.84 Å². The second kappa shape index (κ2) is 3.68. The molecule has 72 valence electrons. The lowest BCUT2D eigenvalue weighted by atomic mass is 10.3. The highest BCUT2D eigenvalue weighted by Gasteiger charge is 2.32. The molecule has 0 aliphatic carbocycles. The summed E-state index contributed by atoms with van der Waals surface area (Å²) < 4.78 is 0. The SMILES string of the molecule is C=C(C)C(O)ON1C(=O)CCC1=O. The van der Waals surface area contributed by atoms with Gasteiger partial charge in [-0.1, -0.05) is 6.58 Å². The summed E-state index contributed by atoms with van der Waals surface area (Å²) in [6, 6.07) is 0. The van der Waals surface area contributed by atoms with Crippen LogP contribution < -0.4 is 0 Å². The van der Waals surface area contributed by atoms with E-state index in [4.69, 9.17) is 5.11 Å². The maximum Gasteiger partial charge on any atom is 0.254 e. The molecule has 1 N–H and O–H groups in total. The van der Waals surface area contributed by atoms with Gasteiger partial charge >= 0.3 is 0 Å². The Kier molecular flexibility index (Phi) is 2.79. The van der Waals surface area contributed by atoms with E-state index < -0.39 is 18.1 Å². The van der Waals surface area contributed by atoms with Crippen LogP contribution in [0.4, 0.5) is 0 Å². The molecule has 2 amide bonds. The number of hydrogen-bond acceptors (Lipinski definition) is 4. The molecule has 1 unspecified atom stereocenters. The van der Waals surface area contributed by atoms with Gasteiger partial charge in [0, 0.05) is 12.8 Å². The number of nitrogens with zero attached hydrogens (tertiary/aromatic N) is 1. The summed E-state index contributed by atoms with van der Waals surface area (Å²) in [4.78, 5) is 26.7. The van der Waals surface area contributed by atoms with Gasteiger partial charge in [0.1, 0.15) is 0 Å². The molecule has 1 aliphatic heterocycles. The first-order chi connectivity index (χ1) is 6.02. The van der Waals surface area contributed by atoms with Gasteiger partial charge in [0.2, 0.25) is 6.29 Å². The number of aliphatic hydroxyl groups excluding tert-OH is 1. The minimum absolute atomic E-state index is 0.141. The van der Waals surface area contributed by atoms with Crippen LogP contribution in [0.15, 0.2) is 12.2 Å². The van der Waals surface area contributed by atoms with Gasteiger partial charge in [-0.05, 0) is 12.5 Å². The van der Waals surface area contributed by atoms with E-state index in [-0.39, 0.29) is 12.8 Å². The van der Waals surface area contributed by atoms with Gasteiger partial charge in [-0.3, -0.25) is 9.59 Å². The zero-order valence-electron chi connectivity index (χ0n) is 7.32. The van der Waals surface area contributed by atoms with Gasteiger partial charge in [-0.2, -0.15) is 5.06 Å². The molecular formula is C8H11NO4. The smallest absolute Gasteiger partial charge is 0.254 e. The summed E-state index contributed by atoms with van der Waals surface area (Å²) in [5.41, 5.74) is 0.340. The Labute approximate surface area is 75.5 Å². The summed E-state index contributed by atoms with van der Waals surface area (Å²) >= 11 is 0. The Morgan fingerprint density at radius 2 is 2.00 bits per heavy atom. The highest BCUT2D eigenvalue weighted by atomic mass is 16.8. The number of carbonyl (C=O) groups is 2. The van der Waals surface area contributed by atoms with Crippen LogP contribution in [0.1, 0.15) is 19.8 Å². The average Bonchev–Trinajstić information content (AvgIpc) is 2.35. The zero-order chi connectivity index (χ0) is 10.0. The highest BCUT2D eigenvalue weighted by molar-refractivity contribution is 6.00. The number of imide groups is 1. The minimum atomic E-state index is -1.30. The summed E-state index contributed by atoms with van der Waals surface area (Å²) in [6.45, 7) is 4.96. The molecule has 0 bridgehead atoms. The number of rotatable bonds is 3. The van der Waals surface area contributed by atoms with Crippen LogP contribution in [-0.2, 0) is 14.4 Å². The number of carbonyl (C=O) groups excluding carboxylic acids is 2. The highest BCUT2D eigenvalue weighted by Crippen LogP contribution is 2.14. The molecule has 0 aromatic heterocycles. The largest absolute Gasteiger partial charge is 0.363 e. The fourth-order valence-electron chi connectivity index (χ4n) is 0.863. The molecule has 5 nitrogen and oxygen atoms in total. The number of aliphatic hydroxyl groups is 1. The fraction of sp³-hybridized carbons (Fsp3) is 0.500. The van der Waals surface area contributed by atoms with Crippen LogP contribution in [0.5, 0.6) is 0 Å². The predicted molar refractivity (Wildman–Crippen MR) is 43.0 cm³/mol. The maximum atomic E-state index is 11.0. The molecule has 1 saturated heterocycles. The van der Waals surface area contributed by atoms with Crippen molar-refractivity contribution in [3.05, 3.63) is 12.2 Å². The number of hydroxylamine groups is 2. The fourth-order valence-corrected chi connectivity index (χ4v) is 0.863. The lowest BCUT2D eigenvalue weighted by molar-refractivity contribution is -0.232. The van der Waals surface area contributed by atoms with E-state index in [1.54, 1.807) is 0 Å². The molecule has 1 fully saturated rings. The summed E-state index contributed by atoms with van der Waals surface area (Å²) in [7, 11) is 0. The first-order valence-electron chi connectivity index (χ1n) is 3.88. The van der Waals surface area contributed by atoms with Crippen molar-refractivity contribution >= 4 is 11.8 Å². The second-order valence-electron chi connectivity index (χ2n) is 2.89. The molecule has 0 spiro atoms. The van der Waals surface area contributed by atoms with Crippen molar-refractivity contribution in [1.29, 1.82) is 0 Å². The molecule has 1 aliphatic rings. The Morgan fingerprint density at radius 1 is 1.54 bits per heavy atom. The lowest BCUT2D eigenvalue weighted by Crippen LogP contribution is -2.34. The quantitative estimate of drug-likeness (QED) is 0.380. The van der Waals surface area contributed by atoms with Gasteiger partial charge in [0.15, 0.2) is 0 Å². The molecule has 1 atom stereocenters. The van der Waals surface area contributed by atoms with Crippen LogP contribution in [0.25, 0.3) is 0 Å².